The van der Waals surface area contributed by atoms with E-state index in [4.69, 9.17) is 0 Å². The summed E-state index contributed by atoms with van der Waals surface area (Å²) in [7, 11) is -3.43. The van der Waals surface area contributed by atoms with Gasteiger partial charge in [-0.25, -0.2) is 8.42 Å². The largest absolute Gasteiger partial charge is 0.335 e. The van der Waals surface area contributed by atoms with Gasteiger partial charge in [-0.15, -0.1) is 12.4 Å². The molecule has 1 N–H and O–H groups in total. The average Bonchev–Trinajstić information content (AvgIpc) is 2.93. The van der Waals surface area contributed by atoms with Gasteiger partial charge in [0.2, 0.25) is 15.9 Å². The van der Waals surface area contributed by atoms with Crippen LogP contribution in [0.4, 0.5) is 0 Å². The number of carbonyl (C=O) groups is 1. The van der Waals surface area contributed by atoms with Gasteiger partial charge in [0, 0.05) is 38.1 Å². The number of sulfonamides is 1. The van der Waals surface area contributed by atoms with Crippen molar-refractivity contribution in [3.63, 3.8) is 0 Å². The Morgan fingerprint density at radius 2 is 1.75 bits per heavy atom. The zero-order valence-electron chi connectivity index (χ0n) is 16.8. The summed E-state index contributed by atoms with van der Waals surface area (Å²) in [6, 6.07) is 7.72. The van der Waals surface area contributed by atoms with E-state index in [1.54, 1.807) is 12.1 Å². The third-order valence-electron chi connectivity index (χ3n) is 5.84. The first-order valence-corrected chi connectivity index (χ1v) is 11.5. The molecule has 3 rings (SSSR count). The third kappa shape index (κ3) is 4.87. The normalized spacial score (nSPS) is 22.0. The van der Waals surface area contributed by atoms with E-state index in [1.165, 1.54) is 4.31 Å². The number of aryl methyl sites for hydroxylation is 1. The van der Waals surface area contributed by atoms with Crippen molar-refractivity contribution in [1.82, 2.24) is 14.5 Å². The molecule has 0 aromatic heterocycles. The fraction of sp³-hybridized carbons (Fsp3) is 0.650. The van der Waals surface area contributed by atoms with Crippen molar-refractivity contribution >= 4 is 28.3 Å². The molecule has 1 amide bonds. The molecular weight excluding hydrogens is 398 g/mol. The monoisotopic (exact) mass is 429 g/mol. The number of fused-ring (bicyclic) bond motifs is 2. The number of hydrogen-bond acceptors (Lipinski definition) is 4. The molecule has 2 fully saturated rings. The Kier molecular flexibility index (Phi) is 8.30. The number of benzene rings is 1. The quantitative estimate of drug-likeness (QED) is 0.722. The van der Waals surface area contributed by atoms with Crippen molar-refractivity contribution in [2.24, 2.45) is 0 Å². The molecule has 1 aromatic rings. The number of hydrogen-bond donors (Lipinski definition) is 1. The fourth-order valence-corrected chi connectivity index (χ4v) is 5.77. The van der Waals surface area contributed by atoms with Crippen molar-refractivity contribution in [2.75, 3.05) is 26.2 Å². The number of carbonyl (C=O) groups excluding carboxylic acids is 1. The van der Waals surface area contributed by atoms with Crippen LogP contribution >= 0.6 is 12.4 Å². The molecule has 2 aliphatic heterocycles. The Bertz CT molecular complexity index is 736. The van der Waals surface area contributed by atoms with Gasteiger partial charge in [0.25, 0.3) is 0 Å². The molecule has 2 heterocycles. The number of nitrogens with one attached hydrogen (secondary N) is 1. The Hall–Kier alpha value is -1.15. The van der Waals surface area contributed by atoms with Crippen LogP contribution in [0.25, 0.3) is 0 Å². The van der Waals surface area contributed by atoms with Crippen LogP contribution in [0.3, 0.4) is 0 Å². The molecule has 0 aliphatic carbocycles. The summed E-state index contributed by atoms with van der Waals surface area (Å²) in [5.74, 6) is 0.228. The van der Waals surface area contributed by atoms with E-state index in [2.05, 4.69) is 10.2 Å². The summed E-state index contributed by atoms with van der Waals surface area (Å²) in [6.07, 6.45) is 4.39. The van der Waals surface area contributed by atoms with Crippen LogP contribution in [0.1, 0.15) is 45.1 Å². The maximum Gasteiger partial charge on any atom is 0.243 e. The Balaban J connectivity index is 0.00000280. The van der Waals surface area contributed by atoms with Crippen LogP contribution in [0.15, 0.2) is 29.2 Å². The van der Waals surface area contributed by atoms with Crippen molar-refractivity contribution in [3.8, 4) is 0 Å². The molecule has 0 saturated carbocycles. The predicted octanol–water partition coefficient (Wildman–Crippen LogP) is 2.42. The zero-order valence-corrected chi connectivity index (χ0v) is 18.4. The van der Waals surface area contributed by atoms with Crippen LogP contribution in [-0.2, 0) is 21.2 Å². The molecule has 0 spiro atoms. The van der Waals surface area contributed by atoms with Gasteiger partial charge >= 0.3 is 0 Å². The van der Waals surface area contributed by atoms with Gasteiger partial charge in [0.05, 0.1) is 4.90 Å². The average molecular weight is 430 g/mol. The van der Waals surface area contributed by atoms with Crippen molar-refractivity contribution < 1.29 is 13.2 Å². The number of nitrogens with zero attached hydrogens (tertiary/aromatic N) is 2. The Morgan fingerprint density at radius 3 is 2.39 bits per heavy atom. The summed E-state index contributed by atoms with van der Waals surface area (Å²) in [5, 5.41) is 3.42. The molecule has 2 bridgehead atoms. The van der Waals surface area contributed by atoms with E-state index in [9.17, 15) is 13.2 Å². The molecule has 28 heavy (non-hydrogen) atoms. The van der Waals surface area contributed by atoms with Crippen LogP contribution < -0.4 is 5.32 Å². The van der Waals surface area contributed by atoms with Gasteiger partial charge < -0.3 is 10.2 Å². The zero-order chi connectivity index (χ0) is 19.4. The lowest BCUT2D eigenvalue weighted by molar-refractivity contribution is -0.133. The Morgan fingerprint density at radius 1 is 1.11 bits per heavy atom. The third-order valence-corrected chi connectivity index (χ3v) is 7.90. The summed E-state index contributed by atoms with van der Waals surface area (Å²) in [4.78, 5) is 15.2. The van der Waals surface area contributed by atoms with Gasteiger partial charge in [-0.2, -0.15) is 4.31 Å². The lowest BCUT2D eigenvalue weighted by Crippen LogP contribution is -2.42. The van der Waals surface area contributed by atoms with Crippen molar-refractivity contribution in [3.05, 3.63) is 29.8 Å². The number of rotatable bonds is 7. The van der Waals surface area contributed by atoms with Crippen LogP contribution in [0.2, 0.25) is 0 Å². The Labute approximate surface area is 175 Å². The van der Waals surface area contributed by atoms with E-state index in [1.807, 2.05) is 26.0 Å². The minimum Gasteiger partial charge on any atom is -0.335 e. The minimum absolute atomic E-state index is 0. The van der Waals surface area contributed by atoms with E-state index < -0.39 is 10.0 Å². The molecule has 1 aromatic carbocycles. The van der Waals surface area contributed by atoms with Crippen LogP contribution in [-0.4, -0.2) is 61.8 Å². The van der Waals surface area contributed by atoms with Gasteiger partial charge in [-0.1, -0.05) is 26.0 Å². The maximum atomic E-state index is 12.8. The second-order valence-corrected chi connectivity index (χ2v) is 9.35. The van der Waals surface area contributed by atoms with Gasteiger partial charge in [0.1, 0.15) is 0 Å². The van der Waals surface area contributed by atoms with Crippen LogP contribution in [0, 0.1) is 0 Å². The van der Waals surface area contributed by atoms with Gasteiger partial charge in [0.15, 0.2) is 0 Å². The smallest absolute Gasteiger partial charge is 0.243 e. The first-order chi connectivity index (χ1) is 13.0. The minimum atomic E-state index is -3.43. The first-order valence-electron chi connectivity index (χ1n) is 10.1. The van der Waals surface area contributed by atoms with E-state index in [-0.39, 0.29) is 18.3 Å². The van der Waals surface area contributed by atoms with E-state index in [0.29, 0.717) is 42.9 Å². The second-order valence-electron chi connectivity index (χ2n) is 7.41. The predicted molar refractivity (Wildman–Crippen MR) is 113 cm³/mol. The molecule has 2 saturated heterocycles. The van der Waals surface area contributed by atoms with Gasteiger partial charge in [-0.3, -0.25) is 4.79 Å². The molecule has 0 radical (unpaired) electrons. The maximum absolute atomic E-state index is 12.8. The molecular formula is C20H32ClN3O3S. The molecule has 6 nitrogen and oxygen atoms in total. The summed E-state index contributed by atoms with van der Waals surface area (Å²) in [6.45, 7) is 6.50. The van der Waals surface area contributed by atoms with Crippen molar-refractivity contribution in [2.45, 2.75) is 62.9 Å². The standard InChI is InChI=1S/C20H31N3O3S.ClH/c1-3-22(4-2)27(25,26)19-10-5-16(6-11-19)7-12-20(24)23-17-8-9-18(23)15-21-14-13-17;/h5-6,10-11,17-18,21H,3-4,7-9,12-15H2,1-2H3;1H. The van der Waals surface area contributed by atoms with E-state index >= 15 is 0 Å². The topological polar surface area (TPSA) is 69.7 Å². The molecule has 158 valence electrons. The lowest BCUT2D eigenvalue weighted by atomic mass is 10.1. The molecule has 2 aliphatic rings. The first kappa shape index (κ1) is 23.1. The highest BCUT2D eigenvalue weighted by Gasteiger charge is 2.37. The highest BCUT2D eigenvalue weighted by atomic mass is 35.5. The molecule has 2 atom stereocenters. The highest BCUT2D eigenvalue weighted by molar-refractivity contribution is 7.89. The van der Waals surface area contributed by atoms with Crippen LogP contribution in [0.5, 0.6) is 0 Å². The lowest BCUT2D eigenvalue weighted by Gasteiger charge is -2.28. The highest BCUT2D eigenvalue weighted by Crippen LogP contribution is 2.29. The van der Waals surface area contributed by atoms with Crippen molar-refractivity contribution in [1.29, 1.82) is 0 Å². The van der Waals surface area contributed by atoms with E-state index in [0.717, 1.165) is 37.9 Å². The molecule has 8 heteroatoms. The summed E-state index contributed by atoms with van der Waals surface area (Å²) in [5.41, 5.74) is 1.00. The SMILES string of the molecule is CCN(CC)S(=O)(=O)c1ccc(CCC(=O)N2C3CCNCC2CC3)cc1.Cl. The number of amides is 1. The van der Waals surface area contributed by atoms with Gasteiger partial charge in [-0.05, 0) is 49.9 Å². The second kappa shape index (κ2) is 10.1. The summed E-state index contributed by atoms with van der Waals surface area (Å²) < 4.78 is 26.6. The fourth-order valence-electron chi connectivity index (χ4n) is 4.31. The number of halogens is 1. The summed E-state index contributed by atoms with van der Waals surface area (Å²) >= 11 is 0. The molecule has 2 unspecified atom stereocenters.